The minimum atomic E-state index is 0.265. The van der Waals surface area contributed by atoms with Crippen molar-refractivity contribution < 1.29 is 0 Å². The Morgan fingerprint density at radius 2 is 1.28 bits per heavy atom. The molecule has 0 fully saturated rings. The molecule has 1 aliphatic heterocycles. The van der Waals surface area contributed by atoms with Crippen LogP contribution in [-0.2, 0) is 0 Å². The monoisotopic (exact) mass is 320 g/mol. The third-order valence-corrected chi connectivity index (χ3v) is 5.15. The summed E-state index contributed by atoms with van der Waals surface area (Å²) < 4.78 is 2.10. The fourth-order valence-corrected chi connectivity index (χ4v) is 3.98. The van der Waals surface area contributed by atoms with E-state index in [4.69, 9.17) is 5.10 Å². The second-order valence-corrected chi connectivity index (χ2v) is 6.55. The van der Waals surface area contributed by atoms with Gasteiger partial charge in [-0.1, -0.05) is 79.0 Å². The van der Waals surface area contributed by atoms with Gasteiger partial charge in [-0.2, -0.15) is 5.10 Å². The molecule has 1 aromatic heterocycles. The summed E-state index contributed by atoms with van der Waals surface area (Å²) in [5, 5.41) is 4.75. The molecule has 0 atom stereocenters. The molecule has 4 aromatic rings. The van der Waals surface area contributed by atoms with Gasteiger partial charge in [0.2, 0.25) is 6.71 Å². The SMILES string of the molecule is CB1c2ccccc2-c2ccccc2-c2cnn(-c3ccccc3)c21. The Morgan fingerprint density at radius 1 is 0.680 bits per heavy atom. The lowest BCUT2D eigenvalue weighted by molar-refractivity contribution is 0.902. The number of nitrogens with zero attached hydrogens (tertiary/aromatic N) is 2. The van der Waals surface area contributed by atoms with Crippen LogP contribution in [0.1, 0.15) is 0 Å². The molecular formula is C22H17BN2. The fraction of sp³-hybridized carbons (Fsp3) is 0.0455. The van der Waals surface area contributed by atoms with Gasteiger partial charge < -0.3 is 0 Å². The van der Waals surface area contributed by atoms with Gasteiger partial charge in [-0.3, -0.25) is 0 Å². The second-order valence-electron chi connectivity index (χ2n) is 6.55. The van der Waals surface area contributed by atoms with E-state index in [9.17, 15) is 0 Å². The van der Waals surface area contributed by atoms with Gasteiger partial charge in [0.05, 0.1) is 11.9 Å². The van der Waals surface area contributed by atoms with Gasteiger partial charge >= 0.3 is 0 Å². The summed E-state index contributed by atoms with van der Waals surface area (Å²) in [5.74, 6) is 0. The maximum absolute atomic E-state index is 4.75. The van der Waals surface area contributed by atoms with Gasteiger partial charge in [0.1, 0.15) is 0 Å². The molecule has 0 saturated carbocycles. The zero-order valence-corrected chi connectivity index (χ0v) is 14.1. The van der Waals surface area contributed by atoms with Crippen LogP contribution in [0.15, 0.2) is 85.1 Å². The highest BCUT2D eigenvalue weighted by molar-refractivity contribution is 6.86. The first-order chi connectivity index (χ1) is 12.3. The lowest BCUT2D eigenvalue weighted by Gasteiger charge is -2.14. The molecule has 0 aliphatic carbocycles. The number of aromatic nitrogens is 2. The van der Waals surface area contributed by atoms with Crippen molar-refractivity contribution in [2.45, 2.75) is 6.82 Å². The smallest absolute Gasteiger partial charge is 0.232 e. The van der Waals surface area contributed by atoms with Gasteiger partial charge in [0, 0.05) is 11.2 Å². The van der Waals surface area contributed by atoms with E-state index in [-0.39, 0.29) is 6.71 Å². The quantitative estimate of drug-likeness (QED) is 0.488. The minimum absolute atomic E-state index is 0.265. The highest BCUT2D eigenvalue weighted by Crippen LogP contribution is 2.33. The third-order valence-electron chi connectivity index (χ3n) is 5.15. The van der Waals surface area contributed by atoms with Crippen molar-refractivity contribution in [1.29, 1.82) is 0 Å². The molecule has 0 saturated heterocycles. The number of rotatable bonds is 1. The van der Waals surface area contributed by atoms with Crippen LogP contribution in [0.3, 0.4) is 0 Å². The number of fused-ring (bicyclic) bond motifs is 5. The van der Waals surface area contributed by atoms with Crippen molar-refractivity contribution in [2.24, 2.45) is 0 Å². The summed E-state index contributed by atoms with van der Waals surface area (Å²) in [7, 11) is 0. The predicted molar refractivity (Wildman–Crippen MR) is 105 cm³/mol. The van der Waals surface area contributed by atoms with Crippen molar-refractivity contribution in [3.05, 3.63) is 85.1 Å². The Labute approximate surface area is 147 Å². The van der Waals surface area contributed by atoms with Gasteiger partial charge in [-0.15, -0.1) is 0 Å². The van der Waals surface area contributed by atoms with Crippen LogP contribution >= 0.6 is 0 Å². The Balaban J connectivity index is 1.87. The van der Waals surface area contributed by atoms with Crippen LogP contribution in [0.4, 0.5) is 0 Å². The molecule has 0 bridgehead atoms. The van der Waals surface area contributed by atoms with Crippen LogP contribution in [0.5, 0.6) is 0 Å². The lowest BCUT2D eigenvalue weighted by atomic mass is 9.43. The summed E-state index contributed by atoms with van der Waals surface area (Å²) in [6.07, 6.45) is 2.02. The van der Waals surface area contributed by atoms with Crippen LogP contribution < -0.4 is 11.1 Å². The number of hydrogen-bond acceptors (Lipinski definition) is 1. The maximum Gasteiger partial charge on any atom is 0.232 e. The highest BCUT2D eigenvalue weighted by atomic mass is 15.3. The zero-order valence-electron chi connectivity index (χ0n) is 14.1. The van der Waals surface area contributed by atoms with E-state index in [1.165, 1.54) is 33.3 Å². The van der Waals surface area contributed by atoms with E-state index in [1.807, 2.05) is 12.3 Å². The fourth-order valence-electron chi connectivity index (χ4n) is 3.98. The van der Waals surface area contributed by atoms with Gasteiger partial charge in [0.25, 0.3) is 0 Å². The topological polar surface area (TPSA) is 17.8 Å². The number of benzene rings is 3. The van der Waals surface area contributed by atoms with Gasteiger partial charge in [-0.25, -0.2) is 4.68 Å². The Kier molecular flexibility index (Phi) is 3.14. The Morgan fingerprint density at radius 3 is 2.04 bits per heavy atom. The molecule has 3 aromatic carbocycles. The summed E-state index contributed by atoms with van der Waals surface area (Å²) in [6, 6.07) is 27.8. The van der Waals surface area contributed by atoms with Crippen LogP contribution in [0.25, 0.3) is 27.9 Å². The third kappa shape index (κ3) is 2.09. The molecule has 2 heterocycles. The van der Waals surface area contributed by atoms with Crippen molar-refractivity contribution >= 4 is 17.8 Å². The van der Waals surface area contributed by atoms with Crippen LogP contribution in [-0.4, -0.2) is 16.5 Å². The van der Waals surface area contributed by atoms with E-state index in [1.54, 1.807) is 0 Å². The highest BCUT2D eigenvalue weighted by Gasteiger charge is 2.30. The summed E-state index contributed by atoms with van der Waals surface area (Å²) in [5.41, 5.74) is 8.81. The molecule has 5 rings (SSSR count). The average molecular weight is 320 g/mol. The molecule has 0 spiro atoms. The first kappa shape index (κ1) is 14.3. The number of para-hydroxylation sites is 1. The molecule has 25 heavy (non-hydrogen) atoms. The summed E-state index contributed by atoms with van der Waals surface area (Å²) >= 11 is 0. The largest absolute Gasteiger partial charge is 0.246 e. The Hall–Kier alpha value is -3.07. The summed E-state index contributed by atoms with van der Waals surface area (Å²) in [4.78, 5) is 0. The predicted octanol–water partition coefficient (Wildman–Crippen LogP) is 3.76. The normalized spacial score (nSPS) is 12.1. The molecule has 0 N–H and O–H groups in total. The maximum atomic E-state index is 4.75. The van der Waals surface area contributed by atoms with Crippen molar-refractivity contribution in [3.63, 3.8) is 0 Å². The minimum Gasteiger partial charge on any atom is -0.246 e. The zero-order chi connectivity index (χ0) is 16.8. The standard InChI is InChI=1S/C22H17BN2/c1-23-21-14-8-7-13-19(21)17-11-5-6-12-18(17)20-15-24-25(22(20)23)16-9-3-2-4-10-16/h2-15H,1H3. The summed E-state index contributed by atoms with van der Waals surface area (Å²) in [6.45, 7) is 2.55. The first-order valence-corrected chi connectivity index (χ1v) is 8.66. The molecule has 0 amide bonds. The van der Waals surface area contributed by atoms with Crippen LogP contribution in [0.2, 0.25) is 6.82 Å². The van der Waals surface area contributed by atoms with Crippen molar-refractivity contribution in [3.8, 4) is 27.9 Å². The van der Waals surface area contributed by atoms with E-state index in [0.717, 1.165) is 5.69 Å². The Bertz CT molecular complexity index is 1070. The first-order valence-electron chi connectivity index (χ1n) is 8.66. The number of hydrogen-bond donors (Lipinski definition) is 0. The molecule has 2 nitrogen and oxygen atoms in total. The molecule has 0 radical (unpaired) electrons. The van der Waals surface area contributed by atoms with Gasteiger partial charge in [0.15, 0.2) is 0 Å². The molecular weight excluding hydrogens is 303 g/mol. The van der Waals surface area contributed by atoms with Gasteiger partial charge in [-0.05, 0) is 28.8 Å². The van der Waals surface area contributed by atoms with E-state index < -0.39 is 0 Å². The second kappa shape index (κ2) is 5.49. The lowest BCUT2D eigenvalue weighted by Crippen LogP contribution is -2.44. The van der Waals surface area contributed by atoms with Crippen molar-refractivity contribution in [2.75, 3.05) is 0 Å². The molecule has 118 valence electrons. The van der Waals surface area contributed by atoms with E-state index in [2.05, 4.69) is 84.3 Å². The molecule has 0 unspecified atom stereocenters. The molecule has 3 heteroatoms. The van der Waals surface area contributed by atoms with Crippen LogP contribution in [0, 0.1) is 0 Å². The average Bonchev–Trinajstić information content (AvgIpc) is 3.09. The van der Waals surface area contributed by atoms with Crippen molar-refractivity contribution in [1.82, 2.24) is 9.78 Å². The van der Waals surface area contributed by atoms with E-state index >= 15 is 0 Å². The van der Waals surface area contributed by atoms with E-state index in [0.29, 0.717) is 0 Å². The molecule has 1 aliphatic rings.